The third-order valence-corrected chi connectivity index (χ3v) is 3.55. The van der Waals surface area contributed by atoms with E-state index in [2.05, 4.69) is 58.7 Å². The zero-order chi connectivity index (χ0) is 13.1. The Kier molecular flexibility index (Phi) is 4.07. The van der Waals surface area contributed by atoms with E-state index in [-0.39, 0.29) is 0 Å². The van der Waals surface area contributed by atoms with Gasteiger partial charge in [-0.05, 0) is 42.2 Å². The lowest BCUT2D eigenvalue weighted by Gasteiger charge is -2.16. The second kappa shape index (κ2) is 5.57. The highest BCUT2D eigenvalue weighted by molar-refractivity contribution is 7.07. The van der Waals surface area contributed by atoms with Gasteiger partial charge in [-0.1, -0.05) is 13.8 Å². The van der Waals surface area contributed by atoms with Gasteiger partial charge in [0.15, 0.2) is 0 Å². The smallest absolute Gasteiger partial charge is 0.203 e. The van der Waals surface area contributed by atoms with E-state index in [1.165, 1.54) is 5.56 Å². The number of aromatic nitrogens is 2. The van der Waals surface area contributed by atoms with E-state index in [1.54, 1.807) is 11.3 Å². The largest absolute Gasteiger partial charge is 0.349 e. The van der Waals surface area contributed by atoms with Crippen LogP contribution in [0.4, 0.5) is 5.95 Å². The summed E-state index contributed by atoms with van der Waals surface area (Å²) in [6, 6.07) is 2.45. The highest BCUT2D eigenvalue weighted by atomic mass is 32.1. The Morgan fingerprint density at radius 2 is 2.17 bits per heavy atom. The van der Waals surface area contributed by atoms with Gasteiger partial charge in [-0.15, -0.1) is 0 Å². The number of rotatable bonds is 5. The summed E-state index contributed by atoms with van der Waals surface area (Å²) in [6.45, 7) is 9.66. The van der Waals surface area contributed by atoms with Gasteiger partial charge < -0.3 is 9.88 Å². The van der Waals surface area contributed by atoms with Crippen LogP contribution in [0, 0.1) is 12.8 Å². The molecule has 0 bridgehead atoms. The van der Waals surface area contributed by atoms with Crippen LogP contribution in [0.3, 0.4) is 0 Å². The Hall–Kier alpha value is -1.29. The maximum atomic E-state index is 4.57. The zero-order valence-corrected chi connectivity index (χ0v) is 12.3. The first-order valence-corrected chi connectivity index (χ1v) is 7.33. The first-order chi connectivity index (χ1) is 8.56. The molecule has 0 aliphatic rings. The molecule has 1 atom stereocenters. The number of thiophene rings is 1. The van der Waals surface area contributed by atoms with Crippen LogP contribution in [0.1, 0.15) is 38.1 Å². The maximum Gasteiger partial charge on any atom is 0.203 e. The van der Waals surface area contributed by atoms with Crippen molar-refractivity contribution in [2.24, 2.45) is 5.92 Å². The molecule has 0 aliphatic carbocycles. The molecule has 0 spiro atoms. The van der Waals surface area contributed by atoms with Crippen molar-refractivity contribution in [2.75, 3.05) is 5.32 Å². The molecule has 1 N–H and O–H groups in total. The molecule has 0 aromatic carbocycles. The van der Waals surface area contributed by atoms with Crippen LogP contribution in [-0.2, 0) is 6.54 Å². The first kappa shape index (κ1) is 13.1. The Labute approximate surface area is 113 Å². The topological polar surface area (TPSA) is 29.9 Å². The lowest BCUT2D eigenvalue weighted by molar-refractivity contribution is 0.524. The van der Waals surface area contributed by atoms with E-state index in [9.17, 15) is 0 Å². The number of hydrogen-bond acceptors (Lipinski definition) is 3. The van der Waals surface area contributed by atoms with E-state index in [1.807, 2.05) is 6.92 Å². The lowest BCUT2D eigenvalue weighted by atomic mass is 10.2. The molecular formula is C14H21N3S. The minimum Gasteiger partial charge on any atom is -0.349 e. The molecule has 2 heterocycles. The van der Waals surface area contributed by atoms with Gasteiger partial charge >= 0.3 is 0 Å². The van der Waals surface area contributed by atoms with E-state index >= 15 is 0 Å². The monoisotopic (exact) mass is 263 g/mol. The fourth-order valence-electron chi connectivity index (χ4n) is 1.99. The van der Waals surface area contributed by atoms with Gasteiger partial charge in [-0.2, -0.15) is 11.3 Å². The summed E-state index contributed by atoms with van der Waals surface area (Å²) in [5.41, 5.74) is 2.38. The molecule has 4 heteroatoms. The van der Waals surface area contributed by atoms with Gasteiger partial charge in [-0.3, -0.25) is 0 Å². The number of hydrogen-bond donors (Lipinski definition) is 1. The molecule has 2 aromatic heterocycles. The summed E-state index contributed by atoms with van der Waals surface area (Å²) < 4.78 is 2.21. The van der Waals surface area contributed by atoms with Crippen LogP contribution in [0.5, 0.6) is 0 Å². The number of nitrogens with one attached hydrogen (secondary N) is 1. The van der Waals surface area contributed by atoms with Crippen LogP contribution in [0.25, 0.3) is 0 Å². The second-order valence-corrected chi connectivity index (χ2v) is 5.95. The molecule has 0 saturated carbocycles. The van der Waals surface area contributed by atoms with Crippen molar-refractivity contribution in [3.63, 3.8) is 0 Å². The highest BCUT2D eigenvalue weighted by Gasteiger charge is 2.11. The molecule has 98 valence electrons. The fraction of sp³-hybridized carbons (Fsp3) is 0.500. The van der Waals surface area contributed by atoms with Gasteiger partial charge in [0.25, 0.3) is 0 Å². The second-order valence-electron chi connectivity index (χ2n) is 5.17. The normalized spacial score (nSPS) is 12.9. The van der Waals surface area contributed by atoms with Gasteiger partial charge in [0.1, 0.15) is 0 Å². The average molecular weight is 263 g/mol. The minimum atomic E-state index is 0.295. The van der Waals surface area contributed by atoms with Crippen molar-refractivity contribution < 1.29 is 0 Å². The number of aryl methyl sites for hydroxylation is 1. The van der Waals surface area contributed by atoms with Crippen molar-refractivity contribution in [3.05, 3.63) is 34.3 Å². The fourth-order valence-corrected chi connectivity index (χ4v) is 2.75. The number of nitrogens with zero attached hydrogens (tertiary/aromatic N) is 2. The predicted octanol–water partition coefficient (Wildman–Crippen LogP) is 4.08. The third kappa shape index (κ3) is 3.13. The van der Waals surface area contributed by atoms with Crippen LogP contribution < -0.4 is 5.32 Å². The molecule has 18 heavy (non-hydrogen) atoms. The third-order valence-electron chi connectivity index (χ3n) is 2.85. The van der Waals surface area contributed by atoms with Gasteiger partial charge in [0, 0.05) is 12.7 Å². The molecule has 1 unspecified atom stereocenters. The van der Waals surface area contributed by atoms with Gasteiger partial charge in [0.2, 0.25) is 5.95 Å². The van der Waals surface area contributed by atoms with Gasteiger partial charge in [0.05, 0.1) is 11.7 Å². The Morgan fingerprint density at radius 1 is 1.39 bits per heavy atom. The van der Waals surface area contributed by atoms with Crippen LogP contribution in [0.2, 0.25) is 0 Å². The molecule has 2 aromatic rings. The quantitative estimate of drug-likeness (QED) is 0.880. The van der Waals surface area contributed by atoms with E-state index in [4.69, 9.17) is 0 Å². The van der Waals surface area contributed by atoms with Crippen molar-refractivity contribution in [3.8, 4) is 0 Å². The molecule has 0 amide bonds. The summed E-state index contributed by atoms with van der Waals surface area (Å²) in [5, 5.41) is 7.79. The molecule has 0 radical (unpaired) electrons. The van der Waals surface area contributed by atoms with E-state index < -0.39 is 0 Å². The summed E-state index contributed by atoms with van der Waals surface area (Å²) in [6.07, 6.45) is 2.11. The average Bonchev–Trinajstić information content (AvgIpc) is 2.88. The molecule has 0 fully saturated rings. The summed E-state index contributed by atoms with van der Waals surface area (Å²) in [5.74, 6) is 1.59. The van der Waals surface area contributed by atoms with Crippen molar-refractivity contribution in [1.82, 2.24) is 9.55 Å². The summed E-state index contributed by atoms with van der Waals surface area (Å²) in [4.78, 5) is 4.57. The Bertz CT molecular complexity index is 485. The van der Waals surface area contributed by atoms with Crippen LogP contribution in [0.15, 0.2) is 23.0 Å². The van der Waals surface area contributed by atoms with Gasteiger partial charge in [-0.25, -0.2) is 4.98 Å². The van der Waals surface area contributed by atoms with Crippen molar-refractivity contribution in [1.29, 1.82) is 0 Å². The predicted molar refractivity (Wildman–Crippen MR) is 78.2 cm³/mol. The zero-order valence-electron chi connectivity index (χ0n) is 11.5. The summed E-state index contributed by atoms with van der Waals surface area (Å²) in [7, 11) is 0. The molecule has 0 aliphatic heterocycles. The molecule has 0 saturated heterocycles. The molecule has 2 rings (SSSR count). The molecule has 3 nitrogen and oxygen atoms in total. The maximum absolute atomic E-state index is 4.57. The highest BCUT2D eigenvalue weighted by Crippen LogP contribution is 2.21. The number of imidazole rings is 1. The van der Waals surface area contributed by atoms with E-state index in [0.717, 1.165) is 18.2 Å². The van der Waals surface area contributed by atoms with Crippen LogP contribution >= 0.6 is 11.3 Å². The lowest BCUT2D eigenvalue weighted by Crippen LogP contribution is -2.13. The summed E-state index contributed by atoms with van der Waals surface area (Å²) >= 11 is 1.73. The Morgan fingerprint density at radius 3 is 2.78 bits per heavy atom. The van der Waals surface area contributed by atoms with Crippen molar-refractivity contribution >= 4 is 17.3 Å². The first-order valence-electron chi connectivity index (χ1n) is 6.38. The standard InChI is InChI=1S/C14H21N3S/c1-10(2)7-17-8-11(3)15-14(17)16-12(4)13-5-6-18-9-13/h5-6,8-10,12H,7H2,1-4H3,(H,15,16). The van der Waals surface area contributed by atoms with Crippen LogP contribution in [-0.4, -0.2) is 9.55 Å². The number of anilines is 1. The minimum absolute atomic E-state index is 0.295. The van der Waals surface area contributed by atoms with E-state index in [0.29, 0.717) is 12.0 Å². The Balaban J connectivity index is 2.13. The SMILES string of the molecule is Cc1cn(CC(C)C)c(NC(C)c2ccsc2)n1. The van der Waals surface area contributed by atoms with Crippen molar-refractivity contribution in [2.45, 2.75) is 40.3 Å². The molecular weight excluding hydrogens is 242 g/mol.